The molecule has 1 heterocycles. The molecule has 0 bridgehead atoms. The Morgan fingerprint density at radius 2 is 1.88 bits per heavy atom. The third-order valence-electron chi connectivity index (χ3n) is 4.47. The van der Waals surface area contributed by atoms with Crippen molar-refractivity contribution in [2.45, 2.75) is 32.2 Å². The van der Waals surface area contributed by atoms with Gasteiger partial charge in [0.25, 0.3) is 0 Å². The van der Waals surface area contributed by atoms with Gasteiger partial charge in [-0.2, -0.15) is 0 Å². The molecule has 0 aromatic heterocycles. The van der Waals surface area contributed by atoms with E-state index >= 15 is 0 Å². The molecule has 0 saturated heterocycles. The molecule has 0 fully saturated rings. The van der Waals surface area contributed by atoms with Gasteiger partial charge in [0.2, 0.25) is 0 Å². The summed E-state index contributed by atoms with van der Waals surface area (Å²) in [7, 11) is 2.07. The molecular formula is C20H24N2O2. The van der Waals surface area contributed by atoms with Crippen LogP contribution in [0.2, 0.25) is 0 Å². The number of carbonyl (C=O) groups excluding carboxylic acids is 1. The van der Waals surface area contributed by atoms with E-state index in [-0.39, 0.29) is 12.1 Å². The van der Waals surface area contributed by atoms with E-state index in [0.717, 1.165) is 30.5 Å². The Morgan fingerprint density at radius 3 is 2.67 bits per heavy atom. The molecule has 1 N–H and O–H groups in total. The lowest BCUT2D eigenvalue weighted by atomic mass is 9.99. The molecule has 0 spiro atoms. The normalized spacial score (nSPS) is 15.9. The first-order valence-corrected chi connectivity index (χ1v) is 8.54. The van der Waals surface area contributed by atoms with Crippen molar-refractivity contribution in [1.29, 1.82) is 0 Å². The van der Waals surface area contributed by atoms with Gasteiger partial charge in [-0.05, 0) is 36.1 Å². The molecule has 1 atom stereocenters. The van der Waals surface area contributed by atoms with Gasteiger partial charge in [0.05, 0.1) is 12.6 Å². The maximum atomic E-state index is 12.2. The summed E-state index contributed by atoms with van der Waals surface area (Å²) in [5, 5.41) is 3.05. The van der Waals surface area contributed by atoms with Crippen LogP contribution < -0.4 is 10.2 Å². The summed E-state index contributed by atoms with van der Waals surface area (Å²) >= 11 is 0. The van der Waals surface area contributed by atoms with E-state index in [2.05, 4.69) is 48.5 Å². The first-order chi connectivity index (χ1) is 11.7. The van der Waals surface area contributed by atoms with Gasteiger partial charge in [-0.15, -0.1) is 0 Å². The molecule has 1 aliphatic rings. The summed E-state index contributed by atoms with van der Waals surface area (Å²) in [6.07, 6.45) is 2.31. The first kappa shape index (κ1) is 16.4. The van der Waals surface area contributed by atoms with E-state index in [9.17, 15) is 4.79 Å². The number of benzene rings is 2. The molecule has 126 valence electrons. The van der Waals surface area contributed by atoms with Crippen LogP contribution in [0.1, 0.15) is 36.9 Å². The van der Waals surface area contributed by atoms with Crippen LogP contribution in [0.15, 0.2) is 48.5 Å². The molecule has 1 amide bonds. The molecule has 24 heavy (non-hydrogen) atoms. The summed E-state index contributed by atoms with van der Waals surface area (Å²) in [6.45, 7) is 2.54. The Kier molecular flexibility index (Phi) is 5.04. The van der Waals surface area contributed by atoms with E-state index in [1.807, 2.05) is 24.3 Å². The average Bonchev–Trinajstić information content (AvgIpc) is 2.72. The number of para-hydroxylation sites is 2. The Morgan fingerprint density at radius 1 is 1.17 bits per heavy atom. The maximum absolute atomic E-state index is 12.2. The highest BCUT2D eigenvalue weighted by Gasteiger charge is 2.26. The van der Waals surface area contributed by atoms with Gasteiger partial charge in [0, 0.05) is 18.4 Å². The second-order valence-electron chi connectivity index (χ2n) is 6.14. The van der Waals surface area contributed by atoms with Gasteiger partial charge in [0.15, 0.2) is 0 Å². The summed E-state index contributed by atoms with van der Waals surface area (Å²) in [4.78, 5) is 14.3. The Balaban J connectivity index is 1.89. The number of nitrogens with zero attached hydrogens (tertiary/aromatic N) is 1. The lowest BCUT2D eigenvalue weighted by molar-refractivity contribution is 0.140. The number of fused-ring (bicyclic) bond motifs is 2. The molecule has 2 aromatic rings. The van der Waals surface area contributed by atoms with Crippen LogP contribution in [0.25, 0.3) is 0 Å². The van der Waals surface area contributed by atoms with Crippen LogP contribution in [0, 0.1) is 0 Å². The fourth-order valence-electron chi connectivity index (χ4n) is 3.18. The minimum absolute atomic E-state index is 0.0959. The lowest BCUT2D eigenvalue weighted by Crippen LogP contribution is -2.30. The topological polar surface area (TPSA) is 41.6 Å². The number of alkyl carbamates (subject to hydrolysis) is 1. The highest BCUT2D eigenvalue weighted by atomic mass is 16.5. The summed E-state index contributed by atoms with van der Waals surface area (Å²) in [6, 6.07) is 16.4. The van der Waals surface area contributed by atoms with Crippen LogP contribution in [0.3, 0.4) is 0 Å². The quantitative estimate of drug-likeness (QED) is 0.837. The van der Waals surface area contributed by atoms with Gasteiger partial charge in [-0.3, -0.25) is 0 Å². The predicted molar refractivity (Wildman–Crippen MR) is 96.8 cm³/mol. The number of unbranched alkanes of at least 4 members (excludes halogenated alkanes) is 1. The smallest absolute Gasteiger partial charge is 0.407 e. The monoisotopic (exact) mass is 324 g/mol. The van der Waals surface area contributed by atoms with Crippen molar-refractivity contribution in [3.05, 3.63) is 59.7 Å². The number of hydrogen-bond acceptors (Lipinski definition) is 3. The van der Waals surface area contributed by atoms with E-state index in [1.165, 1.54) is 11.3 Å². The molecule has 0 saturated carbocycles. The van der Waals surface area contributed by atoms with Gasteiger partial charge in [0.1, 0.15) is 0 Å². The molecule has 2 aromatic carbocycles. The number of rotatable bonds is 4. The number of anilines is 2. The van der Waals surface area contributed by atoms with Crippen molar-refractivity contribution in [2.75, 3.05) is 18.6 Å². The largest absolute Gasteiger partial charge is 0.450 e. The molecule has 0 radical (unpaired) electrons. The summed E-state index contributed by atoms with van der Waals surface area (Å²) in [5.74, 6) is 0. The van der Waals surface area contributed by atoms with Crippen LogP contribution in [0.5, 0.6) is 0 Å². The van der Waals surface area contributed by atoms with Gasteiger partial charge < -0.3 is 15.0 Å². The number of carbonyl (C=O) groups is 1. The molecule has 4 nitrogen and oxygen atoms in total. The van der Waals surface area contributed by atoms with E-state index < -0.39 is 0 Å². The van der Waals surface area contributed by atoms with Crippen molar-refractivity contribution in [2.24, 2.45) is 0 Å². The molecule has 1 aliphatic heterocycles. The first-order valence-electron chi connectivity index (χ1n) is 8.54. The lowest BCUT2D eigenvalue weighted by Gasteiger charge is -2.23. The zero-order valence-electron chi connectivity index (χ0n) is 14.3. The van der Waals surface area contributed by atoms with Crippen LogP contribution in [0.4, 0.5) is 16.2 Å². The van der Waals surface area contributed by atoms with E-state index in [0.29, 0.717) is 6.61 Å². The van der Waals surface area contributed by atoms with Gasteiger partial charge in [-0.1, -0.05) is 49.7 Å². The van der Waals surface area contributed by atoms with Crippen LogP contribution in [-0.2, 0) is 11.2 Å². The second-order valence-corrected chi connectivity index (χ2v) is 6.14. The van der Waals surface area contributed by atoms with Crippen molar-refractivity contribution < 1.29 is 9.53 Å². The number of hydrogen-bond donors (Lipinski definition) is 1. The molecule has 0 aliphatic carbocycles. The minimum Gasteiger partial charge on any atom is -0.450 e. The third kappa shape index (κ3) is 3.37. The van der Waals surface area contributed by atoms with Gasteiger partial charge in [-0.25, -0.2) is 4.79 Å². The number of ether oxygens (including phenoxy) is 1. The molecule has 1 unspecified atom stereocenters. The Labute approximate surface area is 143 Å². The average molecular weight is 324 g/mol. The zero-order valence-corrected chi connectivity index (χ0v) is 14.3. The Bertz CT molecular complexity index is 714. The number of nitrogens with one attached hydrogen (secondary N) is 1. The SMILES string of the molecule is CCCCOC(=O)NC1Cc2ccccc2N(C)c2ccccc21. The Hall–Kier alpha value is -2.49. The summed E-state index contributed by atoms with van der Waals surface area (Å²) in [5.41, 5.74) is 4.62. The molecule has 4 heteroatoms. The molecular weight excluding hydrogens is 300 g/mol. The maximum Gasteiger partial charge on any atom is 0.407 e. The van der Waals surface area contributed by atoms with Crippen molar-refractivity contribution >= 4 is 17.5 Å². The number of amides is 1. The summed E-state index contributed by atoms with van der Waals surface area (Å²) < 4.78 is 5.29. The fraction of sp³-hybridized carbons (Fsp3) is 0.350. The highest BCUT2D eigenvalue weighted by molar-refractivity contribution is 5.74. The van der Waals surface area contributed by atoms with Crippen molar-refractivity contribution in [3.8, 4) is 0 Å². The zero-order chi connectivity index (χ0) is 16.9. The minimum atomic E-state index is -0.342. The second kappa shape index (κ2) is 7.39. The van der Waals surface area contributed by atoms with E-state index in [4.69, 9.17) is 4.74 Å². The third-order valence-corrected chi connectivity index (χ3v) is 4.47. The predicted octanol–water partition coefficient (Wildman–Crippen LogP) is 4.58. The van der Waals surface area contributed by atoms with Gasteiger partial charge >= 0.3 is 6.09 Å². The van der Waals surface area contributed by atoms with Crippen molar-refractivity contribution in [3.63, 3.8) is 0 Å². The highest BCUT2D eigenvalue weighted by Crippen LogP contribution is 2.38. The fourth-order valence-corrected chi connectivity index (χ4v) is 3.18. The molecule has 3 rings (SSSR count). The standard InChI is InChI=1S/C20H24N2O2/c1-3-4-13-24-20(23)21-17-14-15-9-5-7-11-18(15)22(2)19-12-8-6-10-16(17)19/h5-12,17H,3-4,13-14H2,1-2H3,(H,21,23). The van der Waals surface area contributed by atoms with Crippen LogP contribution in [-0.4, -0.2) is 19.7 Å². The van der Waals surface area contributed by atoms with Crippen LogP contribution >= 0.6 is 0 Å². The van der Waals surface area contributed by atoms with E-state index in [1.54, 1.807) is 0 Å². The van der Waals surface area contributed by atoms with Crippen molar-refractivity contribution in [1.82, 2.24) is 5.32 Å².